The predicted molar refractivity (Wildman–Crippen MR) is 80.4 cm³/mol. The molecule has 0 spiro atoms. The second-order valence-corrected chi connectivity index (χ2v) is 4.98. The first-order valence-electron chi connectivity index (χ1n) is 5.87. The van der Waals surface area contributed by atoms with Crippen LogP contribution in [-0.4, -0.2) is 36.0 Å². The molecule has 0 saturated carbocycles. The van der Waals surface area contributed by atoms with E-state index >= 15 is 0 Å². The Morgan fingerprint density at radius 1 is 1.44 bits per heavy atom. The third-order valence-electron chi connectivity index (χ3n) is 2.15. The van der Waals surface area contributed by atoms with Crippen molar-refractivity contribution in [3.63, 3.8) is 0 Å². The number of halogens is 1. The van der Waals surface area contributed by atoms with Crippen LogP contribution in [0.3, 0.4) is 0 Å². The number of hydrogen-bond acceptors (Lipinski definition) is 3. The summed E-state index contributed by atoms with van der Waals surface area (Å²) in [6.07, 6.45) is 3.84. The van der Waals surface area contributed by atoms with Gasteiger partial charge in [0.25, 0.3) is 0 Å². The van der Waals surface area contributed by atoms with Gasteiger partial charge in [0.2, 0.25) is 0 Å². The molecule has 6 heteroatoms. The number of thioether (sulfide) groups is 1. The monoisotopic (exact) mass is 286 g/mol. The van der Waals surface area contributed by atoms with E-state index in [1.54, 1.807) is 12.3 Å². The number of hydrogen-bond donors (Lipinski definition) is 2. The predicted octanol–water partition coefficient (Wildman–Crippen LogP) is 2.15. The van der Waals surface area contributed by atoms with Gasteiger partial charge in [-0.3, -0.25) is 0 Å². The van der Waals surface area contributed by atoms with E-state index in [-0.39, 0.29) is 0 Å². The minimum Gasteiger partial charge on any atom is -0.357 e. The molecule has 1 aromatic rings. The van der Waals surface area contributed by atoms with Crippen LogP contribution in [0.2, 0.25) is 5.15 Å². The lowest BCUT2D eigenvalue weighted by Gasteiger charge is -2.10. The zero-order chi connectivity index (χ0) is 13.2. The van der Waals surface area contributed by atoms with Crippen LogP contribution in [0.15, 0.2) is 23.3 Å². The SMILES string of the molecule is CCNC(=NCc1ccc(Cl)nc1)NCCSC. The Hall–Kier alpha value is -0.940. The molecule has 0 fully saturated rings. The molecule has 2 N–H and O–H groups in total. The highest BCUT2D eigenvalue weighted by Crippen LogP contribution is 2.05. The smallest absolute Gasteiger partial charge is 0.191 e. The summed E-state index contributed by atoms with van der Waals surface area (Å²) in [7, 11) is 0. The first-order valence-corrected chi connectivity index (χ1v) is 7.65. The van der Waals surface area contributed by atoms with Crippen LogP contribution < -0.4 is 10.6 Å². The highest BCUT2D eigenvalue weighted by atomic mass is 35.5. The maximum atomic E-state index is 5.73. The van der Waals surface area contributed by atoms with Crippen LogP contribution in [0.25, 0.3) is 0 Å². The quantitative estimate of drug-likeness (QED) is 0.364. The third kappa shape index (κ3) is 6.12. The molecule has 0 amide bonds. The van der Waals surface area contributed by atoms with Gasteiger partial charge in [0.05, 0.1) is 6.54 Å². The summed E-state index contributed by atoms with van der Waals surface area (Å²) in [5.41, 5.74) is 1.04. The summed E-state index contributed by atoms with van der Waals surface area (Å²) >= 11 is 7.54. The Labute approximate surface area is 118 Å². The fraction of sp³-hybridized carbons (Fsp3) is 0.500. The van der Waals surface area contributed by atoms with Crippen LogP contribution in [0.4, 0.5) is 0 Å². The van der Waals surface area contributed by atoms with Gasteiger partial charge in [-0.05, 0) is 24.8 Å². The second-order valence-electron chi connectivity index (χ2n) is 3.60. The van der Waals surface area contributed by atoms with Gasteiger partial charge in [-0.25, -0.2) is 9.98 Å². The van der Waals surface area contributed by atoms with E-state index in [1.165, 1.54) is 0 Å². The molecule has 0 atom stereocenters. The second kappa shape index (κ2) is 9.05. The summed E-state index contributed by atoms with van der Waals surface area (Å²) in [6.45, 7) is 4.41. The van der Waals surface area contributed by atoms with E-state index in [2.05, 4.69) is 33.8 Å². The molecule has 0 aliphatic rings. The molecule has 0 aliphatic heterocycles. The van der Waals surface area contributed by atoms with Crippen LogP contribution in [0, 0.1) is 0 Å². The van der Waals surface area contributed by atoms with Crippen LogP contribution >= 0.6 is 23.4 Å². The van der Waals surface area contributed by atoms with Crippen molar-refractivity contribution in [2.75, 3.05) is 25.1 Å². The third-order valence-corrected chi connectivity index (χ3v) is 2.99. The lowest BCUT2D eigenvalue weighted by atomic mass is 10.3. The molecule has 1 aromatic heterocycles. The number of aromatic nitrogens is 1. The number of guanidine groups is 1. The summed E-state index contributed by atoms with van der Waals surface area (Å²) < 4.78 is 0. The first kappa shape index (κ1) is 15.1. The van der Waals surface area contributed by atoms with E-state index in [4.69, 9.17) is 11.6 Å². The van der Waals surface area contributed by atoms with E-state index in [0.29, 0.717) is 11.7 Å². The van der Waals surface area contributed by atoms with Crippen molar-refractivity contribution >= 4 is 29.3 Å². The van der Waals surface area contributed by atoms with Gasteiger partial charge < -0.3 is 10.6 Å². The Balaban J connectivity index is 2.50. The molecule has 0 saturated heterocycles. The highest BCUT2D eigenvalue weighted by molar-refractivity contribution is 7.98. The van der Waals surface area contributed by atoms with Crippen molar-refractivity contribution < 1.29 is 0 Å². The molecule has 0 bridgehead atoms. The van der Waals surface area contributed by atoms with Crippen molar-refractivity contribution in [3.8, 4) is 0 Å². The van der Waals surface area contributed by atoms with Crippen molar-refractivity contribution in [2.45, 2.75) is 13.5 Å². The van der Waals surface area contributed by atoms with Gasteiger partial charge in [0.15, 0.2) is 5.96 Å². The molecular weight excluding hydrogens is 268 g/mol. The molecule has 1 heterocycles. The average Bonchev–Trinajstić information content (AvgIpc) is 2.38. The number of rotatable bonds is 6. The lowest BCUT2D eigenvalue weighted by molar-refractivity contribution is 0.842. The van der Waals surface area contributed by atoms with Crippen molar-refractivity contribution in [2.24, 2.45) is 4.99 Å². The Bertz CT molecular complexity index is 367. The molecule has 100 valence electrons. The van der Waals surface area contributed by atoms with E-state index in [0.717, 1.165) is 30.4 Å². The molecule has 0 radical (unpaired) electrons. The number of aliphatic imine (C=N–C) groups is 1. The number of pyridine rings is 1. The maximum absolute atomic E-state index is 5.73. The summed E-state index contributed by atoms with van der Waals surface area (Å²) in [5.74, 6) is 1.90. The standard InChI is InChI=1S/C12H19ClN4S/c1-3-14-12(15-6-7-18-2)17-9-10-4-5-11(13)16-8-10/h4-5,8H,3,6-7,9H2,1-2H3,(H2,14,15,17). The maximum Gasteiger partial charge on any atom is 0.191 e. The first-order chi connectivity index (χ1) is 8.76. The minimum absolute atomic E-state index is 0.507. The Morgan fingerprint density at radius 3 is 2.89 bits per heavy atom. The van der Waals surface area contributed by atoms with E-state index < -0.39 is 0 Å². The number of nitrogens with one attached hydrogen (secondary N) is 2. The largest absolute Gasteiger partial charge is 0.357 e. The Kier molecular flexibility index (Phi) is 7.60. The van der Waals surface area contributed by atoms with Crippen molar-refractivity contribution in [1.29, 1.82) is 0 Å². The normalized spacial score (nSPS) is 11.4. The van der Waals surface area contributed by atoms with Crippen LogP contribution in [-0.2, 0) is 6.54 Å². The van der Waals surface area contributed by atoms with Gasteiger partial charge in [-0.15, -0.1) is 0 Å². The van der Waals surface area contributed by atoms with Crippen molar-refractivity contribution in [1.82, 2.24) is 15.6 Å². The fourth-order valence-electron chi connectivity index (χ4n) is 1.28. The molecule has 0 aromatic carbocycles. The Morgan fingerprint density at radius 2 is 2.28 bits per heavy atom. The van der Waals surface area contributed by atoms with Gasteiger partial charge in [-0.1, -0.05) is 17.7 Å². The minimum atomic E-state index is 0.507. The van der Waals surface area contributed by atoms with Gasteiger partial charge in [0, 0.05) is 25.0 Å². The topological polar surface area (TPSA) is 49.3 Å². The molecule has 0 unspecified atom stereocenters. The average molecular weight is 287 g/mol. The van der Waals surface area contributed by atoms with Crippen LogP contribution in [0.1, 0.15) is 12.5 Å². The molecule has 0 aliphatic carbocycles. The van der Waals surface area contributed by atoms with Crippen molar-refractivity contribution in [3.05, 3.63) is 29.0 Å². The number of nitrogens with zero attached hydrogens (tertiary/aromatic N) is 2. The lowest BCUT2D eigenvalue weighted by Crippen LogP contribution is -2.38. The molecule has 1 rings (SSSR count). The van der Waals surface area contributed by atoms with Gasteiger partial charge in [0.1, 0.15) is 5.15 Å². The van der Waals surface area contributed by atoms with Gasteiger partial charge in [-0.2, -0.15) is 11.8 Å². The highest BCUT2D eigenvalue weighted by Gasteiger charge is 1.97. The van der Waals surface area contributed by atoms with Gasteiger partial charge >= 0.3 is 0 Å². The molecule has 4 nitrogen and oxygen atoms in total. The van der Waals surface area contributed by atoms with E-state index in [9.17, 15) is 0 Å². The van der Waals surface area contributed by atoms with E-state index in [1.807, 2.05) is 17.8 Å². The molecule has 18 heavy (non-hydrogen) atoms. The summed E-state index contributed by atoms with van der Waals surface area (Å²) in [4.78, 5) is 8.52. The zero-order valence-electron chi connectivity index (χ0n) is 10.7. The molecular formula is C12H19ClN4S. The van der Waals surface area contributed by atoms with Crippen LogP contribution in [0.5, 0.6) is 0 Å². The summed E-state index contributed by atoms with van der Waals surface area (Å²) in [6, 6.07) is 3.71. The summed E-state index contributed by atoms with van der Waals surface area (Å²) in [5, 5.41) is 6.99. The zero-order valence-corrected chi connectivity index (χ0v) is 12.3. The fourth-order valence-corrected chi connectivity index (χ4v) is 1.70.